The van der Waals surface area contributed by atoms with E-state index in [1.807, 2.05) is 43.6 Å². The number of fused-ring (bicyclic) bond motifs is 6. The Balaban J connectivity index is 1.47. The Labute approximate surface area is 251 Å². The molecule has 2 nitrogen and oxygen atoms in total. The number of allylic oxidation sites excluding steroid dienone is 4. The van der Waals surface area contributed by atoms with Crippen molar-refractivity contribution in [2.24, 2.45) is 0 Å². The van der Waals surface area contributed by atoms with Gasteiger partial charge in [-0.15, -0.1) is 0 Å². The Bertz CT molecular complexity index is 2170. The van der Waals surface area contributed by atoms with Gasteiger partial charge in [0.2, 0.25) is 0 Å². The topological polar surface area (TPSA) is 36.7 Å². The third kappa shape index (κ3) is 4.83. The first-order valence-corrected chi connectivity index (χ1v) is 14.6. The van der Waals surface area contributed by atoms with Crippen molar-refractivity contribution >= 4 is 44.1 Å². The van der Waals surface area contributed by atoms with Crippen LogP contribution in [0.3, 0.4) is 0 Å². The van der Waals surface area contributed by atoms with Crippen LogP contribution in [0.2, 0.25) is 0 Å². The molecule has 0 saturated heterocycles. The normalized spacial score (nSPS) is 12.0. The van der Waals surface area contributed by atoms with E-state index in [4.69, 9.17) is 5.41 Å². The maximum atomic E-state index is 7.77. The molecule has 7 rings (SSSR count). The Hall–Kier alpha value is -5.60. The van der Waals surface area contributed by atoms with Gasteiger partial charge in [0.15, 0.2) is 0 Å². The van der Waals surface area contributed by atoms with Crippen LogP contribution in [0.4, 0.5) is 0 Å². The summed E-state index contributed by atoms with van der Waals surface area (Å²) >= 11 is 0. The molecule has 0 unspecified atom stereocenters. The molecule has 0 aliphatic rings. The summed E-state index contributed by atoms with van der Waals surface area (Å²) in [5, 5.41) is 15.4. The lowest BCUT2D eigenvalue weighted by Crippen LogP contribution is -1.91. The average Bonchev–Trinajstić information content (AvgIpc) is 3.08. The van der Waals surface area contributed by atoms with Crippen LogP contribution >= 0.6 is 0 Å². The Kier molecular flexibility index (Phi) is 6.94. The van der Waals surface area contributed by atoms with Crippen LogP contribution in [0, 0.1) is 5.41 Å². The molecule has 0 aliphatic heterocycles. The fourth-order valence-electron chi connectivity index (χ4n) is 6.24. The number of hydrogen-bond acceptors (Lipinski definition) is 2. The fraction of sp³-hybridized carbons (Fsp3) is 0.0244. The number of nitrogens with one attached hydrogen (secondary N) is 1. The van der Waals surface area contributed by atoms with E-state index in [-0.39, 0.29) is 0 Å². The lowest BCUT2D eigenvalue weighted by molar-refractivity contribution is 1.33. The van der Waals surface area contributed by atoms with Crippen LogP contribution in [-0.4, -0.2) is 11.2 Å². The summed E-state index contributed by atoms with van der Waals surface area (Å²) in [7, 11) is 0. The van der Waals surface area contributed by atoms with Crippen molar-refractivity contribution < 1.29 is 0 Å². The van der Waals surface area contributed by atoms with Crippen molar-refractivity contribution in [1.82, 2.24) is 4.98 Å². The van der Waals surface area contributed by atoms with Gasteiger partial charge in [-0.25, -0.2) is 0 Å². The van der Waals surface area contributed by atoms with Crippen LogP contribution in [0.1, 0.15) is 12.5 Å². The molecule has 204 valence electrons. The van der Waals surface area contributed by atoms with Crippen molar-refractivity contribution in [3.05, 3.63) is 158 Å². The van der Waals surface area contributed by atoms with Gasteiger partial charge in [-0.1, -0.05) is 97.1 Å². The van der Waals surface area contributed by atoms with Crippen LogP contribution in [0.5, 0.6) is 0 Å². The van der Waals surface area contributed by atoms with E-state index in [0.29, 0.717) is 0 Å². The third-order valence-corrected chi connectivity index (χ3v) is 8.18. The molecule has 0 radical (unpaired) electrons. The number of benzene rings is 6. The average molecular weight is 551 g/mol. The van der Waals surface area contributed by atoms with Crippen LogP contribution in [0.25, 0.3) is 71.3 Å². The fourth-order valence-corrected chi connectivity index (χ4v) is 6.24. The van der Waals surface area contributed by atoms with Gasteiger partial charge < -0.3 is 5.41 Å². The van der Waals surface area contributed by atoms with E-state index in [9.17, 15) is 0 Å². The number of pyridine rings is 1. The van der Waals surface area contributed by atoms with Crippen molar-refractivity contribution in [2.45, 2.75) is 6.92 Å². The highest BCUT2D eigenvalue weighted by molar-refractivity contribution is 6.25. The summed E-state index contributed by atoms with van der Waals surface area (Å²) in [5.41, 5.74) is 8.94. The summed E-state index contributed by atoms with van der Waals surface area (Å²) < 4.78 is 0. The smallest absolute Gasteiger partial charge is 0.0273 e. The highest BCUT2D eigenvalue weighted by Crippen LogP contribution is 2.40. The minimum absolute atomic E-state index is 0.996. The van der Waals surface area contributed by atoms with E-state index in [2.05, 4.69) is 120 Å². The first-order chi connectivity index (χ1) is 21.2. The largest absolute Gasteiger partial charge is 0.309 e. The second kappa shape index (κ2) is 11.3. The lowest BCUT2D eigenvalue weighted by atomic mass is 9.88. The summed E-state index contributed by atoms with van der Waals surface area (Å²) in [6.07, 6.45) is 10.9. The van der Waals surface area contributed by atoms with Gasteiger partial charge in [-0.05, 0) is 126 Å². The zero-order chi connectivity index (χ0) is 29.2. The van der Waals surface area contributed by atoms with E-state index >= 15 is 0 Å². The van der Waals surface area contributed by atoms with E-state index in [1.54, 1.807) is 0 Å². The summed E-state index contributed by atoms with van der Waals surface area (Å²) in [6, 6.07) is 43.8. The third-order valence-electron chi connectivity index (χ3n) is 8.18. The summed E-state index contributed by atoms with van der Waals surface area (Å²) in [6.45, 7) is 2.01. The second-order valence-electron chi connectivity index (χ2n) is 10.7. The number of aromatic nitrogens is 1. The number of hydrogen-bond donors (Lipinski definition) is 1. The predicted molar refractivity (Wildman–Crippen MR) is 185 cm³/mol. The maximum Gasteiger partial charge on any atom is 0.0273 e. The van der Waals surface area contributed by atoms with Crippen molar-refractivity contribution in [3.63, 3.8) is 0 Å². The zero-order valence-corrected chi connectivity index (χ0v) is 24.0. The zero-order valence-electron chi connectivity index (χ0n) is 24.0. The molecule has 7 aromatic rings. The van der Waals surface area contributed by atoms with Crippen molar-refractivity contribution in [2.75, 3.05) is 0 Å². The van der Waals surface area contributed by atoms with Gasteiger partial charge >= 0.3 is 0 Å². The Morgan fingerprint density at radius 3 is 1.72 bits per heavy atom. The Morgan fingerprint density at radius 1 is 0.535 bits per heavy atom. The SMILES string of the molecule is C/C=C\C(=C/C=N)c1cc(-c2ccncc2)cc(-c2ccccc2-c2ccc3c4ccccc4c4ccccc4c3c2)c1. The maximum absolute atomic E-state index is 7.77. The molecule has 1 aromatic heterocycles. The summed E-state index contributed by atoms with van der Waals surface area (Å²) in [5.74, 6) is 0. The molecule has 0 atom stereocenters. The first-order valence-electron chi connectivity index (χ1n) is 14.6. The molecule has 0 aliphatic carbocycles. The van der Waals surface area contributed by atoms with E-state index in [0.717, 1.165) is 27.8 Å². The van der Waals surface area contributed by atoms with Crippen molar-refractivity contribution in [3.8, 4) is 33.4 Å². The molecule has 43 heavy (non-hydrogen) atoms. The van der Waals surface area contributed by atoms with E-state index < -0.39 is 0 Å². The van der Waals surface area contributed by atoms with Gasteiger partial charge in [0.1, 0.15) is 0 Å². The van der Waals surface area contributed by atoms with Gasteiger partial charge in [-0.2, -0.15) is 0 Å². The molecular formula is C41H30N2. The van der Waals surface area contributed by atoms with E-state index in [1.165, 1.54) is 55.2 Å². The monoisotopic (exact) mass is 550 g/mol. The van der Waals surface area contributed by atoms with Gasteiger partial charge in [-0.3, -0.25) is 4.98 Å². The van der Waals surface area contributed by atoms with Gasteiger partial charge in [0.05, 0.1) is 0 Å². The van der Waals surface area contributed by atoms with Crippen LogP contribution in [-0.2, 0) is 0 Å². The molecule has 1 heterocycles. The molecule has 0 bridgehead atoms. The van der Waals surface area contributed by atoms with Crippen LogP contribution in [0.15, 0.2) is 152 Å². The highest BCUT2D eigenvalue weighted by atomic mass is 14.6. The molecule has 0 saturated carbocycles. The highest BCUT2D eigenvalue weighted by Gasteiger charge is 2.14. The molecule has 0 amide bonds. The molecular weight excluding hydrogens is 520 g/mol. The minimum Gasteiger partial charge on any atom is -0.309 e. The molecule has 2 heteroatoms. The number of nitrogens with zero attached hydrogens (tertiary/aromatic N) is 1. The summed E-state index contributed by atoms with van der Waals surface area (Å²) in [4.78, 5) is 4.23. The molecule has 0 spiro atoms. The molecule has 1 N–H and O–H groups in total. The lowest BCUT2D eigenvalue weighted by Gasteiger charge is -2.16. The van der Waals surface area contributed by atoms with Gasteiger partial charge in [0.25, 0.3) is 0 Å². The first kappa shape index (κ1) is 26.3. The molecule has 0 fully saturated rings. The van der Waals surface area contributed by atoms with Crippen LogP contribution < -0.4 is 0 Å². The standard InChI is InChI=1S/C41H30N2/c1-2-9-28(18-21-42)31-24-32(29-19-22-43-23-20-29)26-33(25-31)35-11-4-3-10-34(35)30-16-17-40-38-14-6-5-12-36(38)37-13-7-8-15-39(37)41(40)27-30/h2-27,42H,1H3/b9-2-,28-18+,42-21?. The molecule has 6 aromatic carbocycles. The second-order valence-corrected chi connectivity index (χ2v) is 10.7. The number of rotatable bonds is 6. The minimum atomic E-state index is 0.996. The van der Waals surface area contributed by atoms with Crippen molar-refractivity contribution in [1.29, 1.82) is 5.41 Å². The quantitative estimate of drug-likeness (QED) is 0.125. The predicted octanol–water partition coefficient (Wildman–Crippen LogP) is 11.2. The Morgan fingerprint density at radius 2 is 1.09 bits per heavy atom. The van der Waals surface area contributed by atoms with Gasteiger partial charge in [0, 0.05) is 18.6 Å².